The monoisotopic (exact) mass is 328 g/mol. The lowest BCUT2D eigenvalue weighted by Crippen LogP contribution is -2.12. The Kier molecular flexibility index (Phi) is 3.91. The molecule has 110 valence electrons. The van der Waals surface area contributed by atoms with E-state index < -0.39 is 26.6 Å². The summed E-state index contributed by atoms with van der Waals surface area (Å²) in [5.74, 6) is -1.25. The van der Waals surface area contributed by atoms with Crippen molar-refractivity contribution in [1.29, 1.82) is 0 Å². The largest absolute Gasteiger partial charge is 0.478 e. The average Bonchev–Trinajstić information content (AvgIpc) is 2.89. The first kappa shape index (κ1) is 14.9. The van der Waals surface area contributed by atoms with E-state index in [1.807, 2.05) is 0 Å². The molecule has 2 aromatic rings. The molecule has 0 aliphatic heterocycles. The van der Waals surface area contributed by atoms with Gasteiger partial charge in [0.1, 0.15) is 9.90 Å². The smallest absolute Gasteiger partial charge is 0.336 e. The third kappa shape index (κ3) is 3.17. The van der Waals surface area contributed by atoms with Gasteiger partial charge in [0.25, 0.3) is 15.7 Å². The van der Waals surface area contributed by atoms with Gasteiger partial charge in [0.15, 0.2) is 0 Å². The number of carbonyl (C=O) groups is 1. The maximum atomic E-state index is 12.1. The SMILES string of the molecule is O=C(O)c1csc(S(=O)(=O)Nc2ccccc2[N+](=O)[O-])c1. The number of nitrogens with zero attached hydrogens (tertiary/aromatic N) is 1. The highest BCUT2D eigenvalue weighted by Crippen LogP contribution is 2.28. The van der Waals surface area contributed by atoms with Gasteiger partial charge in [0.2, 0.25) is 0 Å². The number of nitro benzene ring substituents is 1. The van der Waals surface area contributed by atoms with Crippen LogP contribution in [0, 0.1) is 10.1 Å². The van der Waals surface area contributed by atoms with Crippen molar-refractivity contribution in [2.24, 2.45) is 0 Å². The van der Waals surface area contributed by atoms with E-state index in [4.69, 9.17) is 5.11 Å². The number of rotatable bonds is 5. The second-order valence-electron chi connectivity index (χ2n) is 3.84. The van der Waals surface area contributed by atoms with Gasteiger partial charge in [-0.15, -0.1) is 11.3 Å². The summed E-state index contributed by atoms with van der Waals surface area (Å²) in [5.41, 5.74) is -0.744. The number of benzene rings is 1. The molecule has 0 amide bonds. The van der Waals surface area contributed by atoms with Crippen molar-refractivity contribution in [3.63, 3.8) is 0 Å². The third-order valence-electron chi connectivity index (χ3n) is 2.43. The number of carboxylic acids is 1. The van der Waals surface area contributed by atoms with Crippen molar-refractivity contribution >= 4 is 38.7 Å². The summed E-state index contributed by atoms with van der Waals surface area (Å²) in [4.78, 5) is 20.9. The molecule has 0 bridgehead atoms. The molecule has 0 fully saturated rings. The molecule has 1 heterocycles. The zero-order valence-corrected chi connectivity index (χ0v) is 11.8. The minimum absolute atomic E-state index is 0.164. The highest BCUT2D eigenvalue weighted by atomic mass is 32.2. The van der Waals surface area contributed by atoms with Crippen LogP contribution in [0.1, 0.15) is 10.4 Å². The molecule has 1 aromatic heterocycles. The molecule has 8 nitrogen and oxygen atoms in total. The number of nitro groups is 1. The topological polar surface area (TPSA) is 127 Å². The van der Waals surface area contributed by atoms with Crippen LogP contribution in [0.3, 0.4) is 0 Å². The molecule has 0 saturated heterocycles. The summed E-state index contributed by atoms with van der Waals surface area (Å²) in [6, 6.07) is 6.26. The third-order valence-corrected chi connectivity index (χ3v) is 5.24. The number of hydrogen-bond acceptors (Lipinski definition) is 6. The molecule has 21 heavy (non-hydrogen) atoms. The van der Waals surface area contributed by atoms with Crippen molar-refractivity contribution < 1.29 is 23.2 Å². The van der Waals surface area contributed by atoms with Crippen LogP contribution in [0.15, 0.2) is 39.9 Å². The Balaban J connectivity index is 2.37. The van der Waals surface area contributed by atoms with Gasteiger partial charge in [-0.25, -0.2) is 13.2 Å². The molecule has 0 saturated carbocycles. The first-order chi connectivity index (χ1) is 9.81. The number of nitrogens with one attached hydrogen (secondary N) is 1. The summed E-state index contributed by atoms with van der Waals surface area (Å²) >= 11 is 0.717. The van der Waals surface area contributed by atoms with Crippen LogP contribution in [-0.2, 0) is 10.0 Å². The highest BCUT2D eigenvalue weighted by Gasteiger charge is 2.22. The lowest BCUT2D eigenvalue weighted by molar-refractivity contribution is -0.383. The van der Waals surface area contributed by atoms with E-state index in [0.717, 1.165) is 23.5 Å². The molecule has 0 aliphatic rings. The van der Waals surface area contributed by atoms with Crippen LogP contribution >= 0.6 is 11.3 Å². The van der Waals surface area contributed by atoms with Crippen molar-refractivity contribution in [2.45, 2.75) is 4.21 Å². The molecule has 2 rings (SSSR count). The minimum Gasteiger partial charge on any atom is -0.478 e. The fourth-order valence-corrected chi connectivity index (χ4v) is 3.71. The molecule has 0 aliphatic carbocycles. The Labute approximate surface area is 122 Å². The Morgan fingerprint density at radius 1 is 1.33 bits per heavy atom. The van der Waals surface area contributed by atoms with Gasteiger partial charge in [-0.1, -0.05) is 12.1 Å². The van der Waals surface area contributed by atoms with E-state index in [1.54, 1.807) is 0 Å². The summed E-state index contributed by atoms with van der Waals surface area (Å²) in [7, 11) is -4.08. The van der Waals surface area contributed by atoms with Gasteiger partial charge < -0.3 is 5.11 Å². The van der Waals surface area contributed by atoms with E-state index in [-0.39, 0.29) is 15.5 Å². The molecule has 0 atom stereocenters. The number of para-hydroxylation sites is 2. The van der Waals surface area contributed by atoms with E-state index in [1.165, 1.54) is 23.6 Å². The number of anilines is 1. The van der Waals surface area contributed by atoms with Crippen molar-refractivity contribution in [3.8, 4) is 0 Å². The van der Waals surface area contributed by atoms with Crippen LogP contribution in [-0.4, -0.2) is 24.4 Å². The van der Waals surface area contributed by atoms with Crippen LogP contribution in [0.5, 0.6) is 0 Å². The van der Waals surface area contributed by atoms with E-state index >= 15 is 0 Å². The fraction of sp³-hybridized carbons (Fsp3) is 0. The van der Waals surface area contributed by atoms with Crippen molar-refractivity contribution in [2.75, 3.05) is 4.72 Å². The standard InChI is InChI=1S/C11H8N2O6S2/c14-11(15)7-5-10(20-6-7)21(18,19)12-8-3-1-2-4-9(8)13(16)17/h1-6,12H,(H,14,15). The molecular weight excluding hydrogens is 320 g/mol. The highest BCUT2D eigenvalue weighted by molar-refractivity contribution is 7.94. The molecular formula is C11H8N2O6S2. The average molecular weight is 328 g/mol. The lowest BCUT2D eigenvalue weighted by Gasteiger charge is -2.06. The second kappa shape index (κ2) is 5.50. The first-order valence-electron chi connectivity index (χ1n) is 5.39. The van der Waals surface area contributed by atoms with Gasteiger partial charge in [-0.05, 0) is 12.1 Å². The van der Waals surface area contributed by atoms with E-state index in [2.05, 4.69) is 4.72 Å². The van der Waals surface area contributed by atoms with E-state index in [9.17, 15) is 23.3 Å². The number of hydrogen-bond donors (Lipinski definition) is 2. The number of sulfonamides is 1. The van der Waals surface area contributed by atoms with Crippen LogP contribution in [0.2, 0.25) is 0 Å². The fourth-order valence-electron chi connectivity index (χ4n) is 1.48. The summed E-state index contributed by atoms with van der Waals surface area (Å²) < 4.78 is 26.0. The summed E-state index contributed by atoms with van der Waals surface area (Å²) in [6.07, 6.45) is 0. The Bertz CT molecular complexity index is 812. The summed E-state index contributed by atoms with van der Waals surface area (Å²) in [5, 5.41) is 20.8. The maximum Gasteiger partial charge on any atom is 0.336 e. The normalized spacial score (nSPS) is 11.0. The van der Waals surface area contributed by atoms with Crippen molar-refractivity contribution in [1.82, 2.24) is 0 Å². The Morgan fingerprint density at radius 3 is 2.57 bits per heavy atom. The second-order valence-corrected chi connectivity index (χ2v) is 6.66. The van der Waals surface area contributed by atoms with Crippen LogP contribution in [0.4, 0.5) is 11.4 Å². The zero-order valence-electron chi connectivity index (χ0n) is 10.2. The van der Waals surface area contributed by atoms with Gasteiger partial charge in [0.05, 0.1) is 10.5 Å². The molecule has 0 radical (unpaired) electrons. The molecule has 0 unspecified atom stereocenters. The van der Waals surface area contributed by atoms with Crippen LogP contribution < -0.4 is 4.72 Å². The van der Waals surface area contributed by atoms with Gasteiger partial charge in [0, 0.05) is 11.4 Å². The quantitative estimate of drug-likeness (QED) is 0.639. The lowest BCUT2D eigenvalue weighted by atomic mass is 10.3. The van der Waals surface area contributed by atoms with Gasteiger partial charge >= 0.3 is 5.97 Å². The number of aromatic carboxylic acids is 1. The van der Waals surface area contributed by atoms with Crippen LogP contribution in [0.25, 0.3) is 0 Å². The molecule has 10 heteroatoms. The van der Waals surface area contributed by atoms with E-state index in [0.29, 0.717) is 0 Å². The predicted molar refractivity (Wildman–Crippen MR) is 75.2 cm³/mol. The molecule has 1 aromatic carbocycles. The van der Waals surface area contributed by atoms with Gasteiger partial charge in [-0.3, -0.25) is 14.8 Å². The zero-order chi connectivity index (χ0) is 15.6. The summed E-state index contributed by atoms with van der Waals surface area (Å²) in [6.45, 7) is 0. The first-order valence-corrected chi connectivity index (χ1v) is 7.75. The van der Waals surface area contributed by atoms with Gasteiger partial charge in [-0.2, -0.15) is 0 Å². The van der Waals surface area contributed by atoms with Crippen molar-refractivity contribution in [3.05, 3.63) is 51.4 Å². The Hall–Kier alpha value is -2.46. The minimum atomic E-state index is -4.08. The predicted octanol–water partition coefficient (Wildman–Crippen LogP) is 2.16. The number of carboxylic acid groups (broad SMARTS) is 1. The molecule has 2 N–H and O–H groups in total. The number of thiophene rings is 1. The maximum absolute atomic E-state index is 12.1. The Morgan fingerprint density at radius 2 is 2.00 bits per heavy atom. The molecule has 0 spiro atoms.